The molecule has 6 nitrogen and oxygen atoms in total. The maximum Gasteiger partial charge on any atom is 0.232 e. The van der Waals surface area contributed by atoms with Crippen LogP contribution in [0.4, 0.5) is 0 Å². The first-order valence-electron chi connectivity index (χ1n) is 6.50. The van der Waals surface area contributed by atoms with Crippen molar-refractivity contribution in [3.05, 3.63) is 11.4 Å². The standard InChI is InChI=1S/C12H18N4O2S2/c1-8-10(15-20-14-8)6-19-7-11(17)16-4-2-9(3-5-16)12(13)18/h9H,2-7H2,1H3,(H2,13,18). The Hall–Kier alpha value is -1.15. The van der Waals surface area contributed by atoms with Crippen molar-refractivity contribution in [2.45, 2.75) is 25.5 Å². The molecule has 0 atom stereocenters. The van der Waals surface area contributed by atoms with Crippen LogP contribution in [0.3, 0.4) is 0 Å². The molecular weight excluding hydrogens is 296 g/mol. The molecule has 0 aliphatic carbocycles. The molecule has 0 aromatic carbocycles. The number of aromatic nitrogens is 2. The van der Waals surface area contributed by atoms with E-state index in [4.69, 9.17) is 5.73 Å². The fraction of sp³-hybridized carbons (Fsp3) is 0.667. The molecule has 2 rings (SSSR count). The number of carbonyl (C=O) groups is 2. The Balaban J connectivity index is 1.71. The lowest BCUT2D eigenvalue weighted by atomic mass is 9.96. The van der Waals surface area contributed by atoms with Gasteiger partial charge in [-0.05, 0) is 19.8 Å². The molecule has 0 radical (unpaired) electrons. The van der Waals surface area contributed by atoms with Crippen LogP contribution in [0, 0.1) is 12.8 Å². The number of primary amides is 1. The van der Waals surface area contributed by atoms with Gasteiger partial charge in [-0.25, -0.2) is 0 Å². The molecule has 8 heteroatoms. The number of thioether (sulfide) groups is 1. The molecule has 110 valence electrons. The summed E-state index contributed by atoms with van der Waals surface area (Å²) in [6.07, 6.45) is 1.36. The first kappa shape index (κ1) is 15.2. The summed E-state index contributed by atoms with van der Waals surface area (Å²) in [5.41, 5.74) is 7.18. The Morgan fingerprint density at radius 3 is 2.65 bits per heavy atom. The molecule has 2 N–H and O–H groups in total. The van der Waals surface area contributed by atoms with Crippen molar-refractivity contribution in [1.82, 2.24) is 13.6 Å². The number of carbonyl (C=O) groups excluding carboxylic acids is 2. The van der Waals surface area contributed by atoms with Crippen LogP contribution in [0.1, 0.15) is 24.2 Å². The Labute approximate surface area is 126 Å². The third-order valence-electron chi connectivity index (χ3n) is 3.46. The van der Waals surface area contributed by atoms with Crippen LogP contribution < -0.4 is 5.73 Å². The first-order chi connectivity index (χ1) is 9.58. The van der Waals surface area contributed by atoms with Gasteiger partial charge in [0.05, 0.1) is 28.9 Å². The number of nitrogens with zero attached hydrogens (tertiary/aromatic N) is 3. The summed E-state index contributed by atoms with van der Waals surface area (Å²) < 4.78 is 8.30. The van der Waals surface area contributed by atoms with Gasteiger partial charge in [-0.2, -0.15) is 8.75 Å². The van der Waals surface area contributed by atoms with E-state index in [0.29, 0.717) is 37.4 Å². The summed E-state index contributed by atoms with van der Waals surface area (Å²) in [5.74, 6) is 0.955. The highest BCUT2D eigenvalue weighted by Crippen LogP contribution is 2.19. The van der Waals surface area contributed by atoms with Crippen LogP contribution >= 0.6 is 23.5 Å². The van der Waals surface area contributed by atoms with Crippen molar-refractivity contribution in [2.75, 3.05) is 18.8 Å². The van der Waals surface area contributed by atoms with E-state index in [1.54, 1.807) is 11.8 Å². The normalized spacial score (nSPS) is 16.4. The molecule has 0 bridgehead atoms. The molecule has 2 amide bonds. The van der Waals surface area contributed by atoms with E-state index in [9.17, 15) is 9.59 Å². The molecule has 1 aromatic rings. The molecule has 0 spiro atoms. The van der Waals surface area contributed by atoms with E-state index in [1.807, 2.05) is 11.8 Å². The van der Waals surface area contributed by atoms with Crippen LogP contribution in [-0.2, 0) is 15.3 Å². The molecule has 0 saturated carbocycles. The van der Waals surface area contributed by atoms with E-state index in [2.05, 4.69) is 8.75 Å². The summed E-state index contributed by atoms with van der Waals surface area (Å²) >= 11 is 2.76. The SMILES string of the molecule is Cc1nsnc1CSCC(=O)N1CCC(C(N)=O)CC1. The summed E-state index contributed by atoms with van der Waals surface area (Å²) in [4.78, 5) is 24.9. The first-order valence-corrected chi connectivity index (χ1v) is 8.39. The predicted octanol–water partition coefficient (Wildman–Crippen LogP) is 0.804. The average molecular weight is 314 g/mol. The number of aryl methyl sites for hydroxylation is 1. The highest BCUT2D eigenvalue weighted by Gasteiger charge is 2.25. The predicted molar refractivity (Wildman–Crippen MR) is 79.3 cm³/mol. The van der Waals surface area contributed by atoms with Gasteiger partial charge >= 0.3 is 0 Å². The lowest BCUT2D eigenvalue weighted by molar-refractivity contribution is -0.132. The van der Waals surface area contributed by atoms with Crippen LogP contribution in [0.25, 0.3) is 0 Å². The summed E-state index contributed by atoms with van der Waals surface area (Å²) in [7, 11) is 0. The van der Waals surface area contributed by atoms with Crippen molar-refractivity contribution in [3.63, 3.8) is 0 Å². The lowest BCUT2D eigenvalue weighted by Gasteiger charge is -2.30. The van der Waals surface area contributed by atoms with Crippen molar-refractivity contribution in [1.29, 1.82) is 0 Å². The van der Waals surface area contributed by atoms with E-state index >= 15 is 0 Å². The van der Waals surface area contributed by atoms with Crippen LogP contribution in [-0.4, -0.2) is 44.3 Å². The van der Waals surface area contributed by atoms with Gasteiger partial charge in [0.15, 0.2) is 0 Å². The van der Waals surface area contributed by atoms with Gasteiger partial charge in [0.1, 0.15) is 0 Å². The summed E-state index contributed by atoms with van der Waals surface area (Å²) in [5, 5.41) is 0. The second-order valence-electron chi connectivity index (χ2n) is 4.85. The van der Waals surface area contributed by atoms with E-state index in [-0.39, 0.29) is 17.7 Å². The Kier molecular flexibility index (Phi) is 5.36. The average Bonchev–Trinajstić information content (AvgIpc) is 2.84. The number of hydrogen-bond donors (Lipinski definition) is 1. The maximum absolute atomic E-state index is 12.0. The summed E-state index contributed by atoms with van der Waals surface area (Å²) in [6.45, 7) is 3.18. The number of rotatable bonds is 5. The van der Waals surface area contributed by atoms with E-state index in [0.717, 1.165) is 11.4 Å². The monoisotopic (exact) mass is 314 g/mol. The maximum atomic E-state index is 12.0. The van der Waals surface area contributed by atoms with Gasteiger partial charge in [0, 0.05) is 24.8 Å². The summed E-state index contributed by atoms with van der Waals surface area (Å²) in [6, 6.07) is 0. The van der Waals surface area contributed by atoms with Gasteiger partial charge in [0.25, 0.3) is 0 Å². The van der Waals surface area contributed by atoms with Crippen LogP contribution in [0.2, 0.25) is 0 Å². The van der Waals surface area contributed by atoms with Crippen LogP contribution in [0.15, 0.2) is 0 Å². The fourth-order valence-corrected chi connectivity index (χ4v) is 3.69. The zero-order chi connectivity index (χ0) is 14.5. The van der Waals surface area contributed by atoms with E-state index in [1.165, 1.54) is 11.7 Å². The van der Waals surface area contributed by atoms with Crippen LogP contribution in [0.5, 0.6) is 0 Å². The molecule has 20 heavy (non-hydrogen) atoms. The molecule has 2 heterocycles. The smallest absolute Gasteiger partial charge is 0.232 e. The number of amides is 2. The third-order valence-corrected chi connectivity index (χ3v) is 5.05. The largest absolute Gasteiger partial charge is 0.369 e. The lowest BCUT2D eigenvalue weighted by Crippen LogP contribution is -2.42. The topological polar surface area (TPSA) is 89.2 Å². The van der Waals surface area contributed by atoms with Crippen molar-refractivity contribution in [2.24, 2.45) is 11.7 Å². The Morgan fingerprint density at radius 1 is 1.40 bits per heavy atom. The quantitative estimate of drug-likeness (QED) is 0.868. The second-order valence-corrected chi connectivity index (χ2v) is 6.36. The van der Waals surface area contributed by atoms with Crippen molar-refractivity contribution < 1.29 is 9.59 Å². The van der Waals surface area contributed by atoms with Gasteiger partial charge in [-0.3, -0.25) is 9.59 Å². The number of likely N-dealkylation sites (tertiary alicyclic amines) is 1. The minimum Gasteiger partial charge on any atom is -0.369 e. The molecule has 1 saturated heterocycles. The Morgan fingerprint density at radius 2 is 2.10 bits per heavy atom. The number of nitrogens with two attached hydrogens (primary N) is 1. The van der Waals surface area contributed by atoms with Gasteiger partial charge in [0.2, 0.25) is 11.8 Å². The number of piperidine rings is 1. The van der Waals surface area contributed by atoms with Gasteiger partial charge < -0.3 is 10.6 Å². The highest BCUT2D eigenvalue weighted by molar-refractivity contribution is 7.99. The van der Waals surface area contributed by atoms with E-state index < -0.39 is 0 Å². The van der Waals surface area contributed by atoms with Gasteiger partial charge in [-0.1, -0.05) is 0 Å². The fourth-order valence-electron chi connectivity index (χ4n) is 2.12. The second kappa shape index (κ2) is 7.03. The number of hydrogen-bond acceptors (Lipinski definition) is 6. The molecule has 0 unspecified atom stereocenters. The third kappa shape index (κ3) is 3.92. The van der Waals surface area contributed by atoms with Gasteiger partial charge in [-0.15, -0.1) is 11.8 Å². The molecule has 1 aromatic heterocycles. The minimum absolute atomic E-state index is 0.0737. The molecule has 1 aliphatic rings. The zero-order valence-electron chi connectivity index (χ0n) is 11.4. The Bertz CT molecular complexity index is 484. The van der Waals surface area contributed by atoms with Crippen molar-refractivity contribution in [3.8, 4) is 0 Å². The molecule has 1 fully saturated rings. The molecule has 1 aliphatic heterocycles. The van der Waals surface area contributed by atoms with Crippen molar-refractivity contribution >= 4 is 35.3 Å². The zero-order valence-corrected chi connectivity index (χ0v) is 13.0. The minimum atomic E-state index is -0.252. The molecular formula is C12H18N4O2S2. The highest BCUT2D eigenvalue weighted by atomic mass is 32.2.